The van der Waals surface area contributed by atoms with Crippen LogP contribution in [0.2, 0.25) is 0 Å². The van der Waals surface area contributed by atoms with Gasteiger partial charge in [0.05, 0.1) is 60.1 Å². The summed E-state index contributed by atoms with van der Waals surface area (Å²) in [6.45, 7) is 2.86. The van der Waals surface area contributed by atoms with Crippen LogP contribution in [-0.4, -0.2) is 54.6 Å². The predicted molar refractivity (Wildman–Crippen MR) is 191 cm³/mol. The van der Waals surface area contributed by atoms with E-state index in [4.69, 9.17) is 5.10 Å². The van der Waals surface area contributed by atoms with Crippen LogP contribution in [0.1, 0.15) is 38.4 Å². The third-order valence-corrected chi connectivity index (χ3v) is 9.11. The number of hydrogen-bond donors (Lipinski definition) is 1. The number of benzene rings is 2. The quantitative estimate of drug-likeness (QED) is 0.157. The number of alkyl halides is 2. The second kappa shape index (κ2) is 13.6. The smallest absolute Gasteiger partial charge is 0.256 e. The molecule has 0 radical (unpaired) electrons. The maximum absolute atomic E-state index is 13.9. The lowest BCUT2D eigenvalue weighted by Crippen LogP contribution is -2.19. The number of nitrogens with zero attached hydrogens (tertiary/aromatic N) is 9. The number of pyridine rings is 1. The molecule has 274 valence electrons. The molecule has 1 aliphatic carbocycles. The van der Waals surface area contributed by atoms with E-state index >= 15 is 0 Å². The molecule has 0 bridgehead atoms. The summed E-state index contributed by atoms with van der Waals surface area (Å²) in [6, 6.07) is 19.4. The van der Waals surface area contributed by atoms with Crippen LogP contribution in [0.4, 0.5) is 22.0 Å². The average Bonchev–Trinajstić information content (AvgIpc) is 3.43. The average molecular weight is 738 g/mol. The lowest BCUT2D eigenvalue weighted by atomic mass is 10.1. The van der Waals surface area contributed by atoms with Gasteiger partial charge in [-0.1, -0.05) is 0 Å². The summed E-state index contributed by atoms with van der Waals surface area (Å²) in [7, 11) is 0. The van der Waals surface area contributed by atoms with E-state index in [1.807, 2.05) is 18.5 Å². The van der Waals surface area contributed by atoms with Gasteiger partial charge >= 0.3 is 0 Å². The number of rotatable bonds is 8. The molecule has 0 aliphatic heterocycles. The first-order chi connectivity index (χ1) is 25.9. The maximum Gasteiger partial charge on any atom is 0.256 e. The van der Waals surface area contributed by atoms with Gasteiger partial charge in [-0.15, -0.1) is 0 Å². The van der Waals surface area contributed by atoms with Crippen LogP contribution >= 0.6 is 0 Å². The van der Waals surface area contributed by atoms with E-state index in [1.165, 1.54) is 57.9 Å². The fourth-order valence-electron chi connectivity index (χ4n) is 6.36. The Morgan fingerprint density at radius 3 is 1.94 bits per heavy atom. The molecule has 15 heteroatoms. The summed E-state index contributed by atoms with van der Waals surface area (Å²) in [4.78, 5) is 17.1. The highest BCUT2D eigenvalue weighted by Crippen LogP contribution is 2.41. The topological polar surface area (TPSA) is 103 Å². The highest BCUT2D eigenvalue weighted by Gasteiger charge is 2.30. The molecule has 10 nitrogen and oxygen atoms in total. The molecule has 9 rings (SSSR count). The number of imidazole rings is 4. The predicted octanol–water partition coefficient (Wildman–Crippen LogP) is 8.37. The van der Waals surface area contributed by atoms with Crippen molar-refractivity contribution in [1.29, 1.82) is 0 Å². The molecule has 0 unspecified atom stereocenters. The maximum atomic E-state index is 13.9. The van der Waals surface area contributed by atoms with Crippen molar-refractivity contribution in [2.24, 2.45) is 0 Å². The highest BCUT2D eigenvalue weighted by molar-refractivity contribution is 5.79. The van der Waals surface area contributed by atoms with Crippen molar-refractivity contribution in [1.82, 2.24) is 43.1 Å². The summed E-state index contributed by atoms with van der Waals surface area (Å²) in [5.74, 6) is -1.26. The van der Waals surface area contributed by atoms with E-state index in [1.54, 1.807) is 48.8 Å². The van der Waals surface area contributed by atoms with Crippen molar-refractivity contribution in [3.05, 3.63) is 127 Å². The molecule has 0 spiro atoms. The van der Waals surface area contributed by atoms with Gasteiger partial charge in [-0.25, -0.2) is 42.0 Å². The molecule has 1 N–H and O–H groups in total. The van der Waals surface area contributed by atoms with Crippen LogP contribution < -0.4 is 0 Å². The minimum atomic E-state index is -2.59. The van der Waals surface area contributed by atoms with Crippen molar-refractivity contribution in [2.45, 2.75) is 51.3 Å². The van der Waals surface area contributed by atoms with Crippen molar-refractivity contribution >= 4 is 11.3 Å². The van der Waals surface area contributed by atoms with Gasteiger partial charge in [0, 0.05) is 28.9 Å². The first-order valence-corrected chi connectivity index (χ1v) is 17.1. The lowest BCUT2D eigenvalue weighted by molar-refractivity contribution is 0.0718. The van der Waals surface area contributed by atoms with Gasteiger partial charge in [0.1, 0.15) is 28.6 Å². The van der Waals surface area contributed by atoms with E-state index in [-0.39, 0.29) is 5.82 Å². The summed E-state index contributed by atoms with van der Waals surface area (Å²) in [5.41, 5.74) is 5.72. The molecule has 1 aliphatic rings. The standard InChI is InChI=1S/C21H20FN5O.C18H12F4N4/c1-21(2,28)17-11-23-18-10-9-16(25-27(17)18)20-19(13-3-5-14(22)6-4-13)24-12-26(20)15-7-8-15;19-13-4-1-11(2-5-13)17-18(25(10-24-17)9-14(20)21)12-3-6-16-23-7-15(22)26(16)8-12/h3-6,9-12,15,28H,7-8H2,1-2H3;1-8,10,14H,9H2. The SMILES string of the molecule is CC(C)(O)c1cnc2ccc(-c3c(-c4ccc(F)cc4)ncn3C3CC3)nn12.Fc1ccc(-c2ncn(CC(F)F)c2-c2ccc3ncc(F)n3c2)cc1. The Bertz CT molecular complexity index is 2600. The molecule has 6 aromatic heterocycles. The van der Waals surface area contributed by atoms with Gasteiger partial charge in [-0.3, -0.25) is 4.40 Å². The molecule has 1 fully saturated rings. The Kier molecular flexibility index (Phi) is 8.80. The van der Waals surface area contributed by atoms with Crippen LogP contribution in [0.3, 0.4) is 0 Å². The molecule has 2 aromatic carbocycles. The van der Waals surface area contributed by atoms with Gasteiger partial charge in [0.15, 0.2) is 5.65 Å². The van der Waals surface area contributed by atoms with Crippen molar-refractivity contribution in [3.63, 3.8) is 0 Å². The van der Waals surface area contributed by atoms with Crippen LogP contribution in [0.5, 0.6) is 0 Å². The van der Waals surface area contributed by atoms with Crippen LogP contribution in [0.25, 0.3) is 56.5 Å². The van der Waals surface area contributed by atoms with E-state index in [0.29, 0.717) is 45.5 Å². The summed E-state index contributed by atoms with van der Waals surface area (Å²) < 4.78 is 72.8. The largest absolute Gasteiger partial charge is 0.384 e. The van der Waals surface area contributed by atoms with E-state index < -0.39 is 30.3 Å². The fourth-order valence-corrected chi connectivity index (χ4v) is 6.36. The first-order valence-electron chi connectivity index (χ1n) is 17.1. The Hall–Kier alpha value is -6.22. The van der Waals surface area contributed by atoms with Crippen LogP contribution in [0.15, 0.2) is 104 Å². The Labute approximate surface area is 304 Å². The Morgan fingerprint density at radius 1 is 0.722 bits per heavy atom. The lowest BCUT2D eigenvalue weighted by Gasteiger charge is -2.16. The zero-order chi connectivity index (χ0) is 37.7. The summed E-state index contributed by atoms with van der Waals surface area (Å²) >= 11 is 0. The molecule has 0 atom stereocenters. The van der Waals surface area contributed by atoms with Crippen molar-refractivity contribution in [2.75, 3.05) is 0 Å². The zero-order valence-corrected chi connectivity index (χ0v) is 29.0. The second-order valence-corrected chi connectivity index (χ2v) is 13.5. The number of fused-ring (bicyclic) bond motifs is 2. The highest BCUT2D eigenvalue weighted by atomic mass is 19.3. The van der Waals surface area contributed by atoms with E-state index in [9.17, 15) is 27.1 Å². The fraction of sp³-hybridized carbons (Fsp3) is 0.205. The molecule has 8 aromatic rings. The second-order valence-electron chi connectivity index (χ2n) is 13.5. The molecular weight excluding hydrogens is 705 g/mol. The van der Waals surface area contributed by atoms with Crippen molar-refractivity contribution in [3.8, 4) is 45.2 Å². The number of halogens is 5. The van der Waals surface area contributed by atoms with Gasteiger partial charge in [0.25, 0.3) is 6.43 Å². The minimum Gasteiger partial charge on any atom is -0.384 e. The minimum absolute atomic E-state index is 0.278. The Balaban J connectivity index is 0.000000154. The van der Waals surface area contributed by atoms with Gasteiger partial charge in [-0.2, -0.15) is 9.49 Å². The number of aromatic nitrogens is 9. The normalized spacial score (nSPS) is 13.2. The third-order valence-electron chi connectivity index (χ3n) is 9.11. The summed E-state index contributed by atoms with van der Waals surface area (Å²) in [5, 5.41) is 15.2. The molecule has 0 amide bonds. The van der Waals surface area contributed by atoms with E-state index in [0.717, 1.165) is 41.7 Å². The van der Waals surface area contributed by atoms with E-state index in [2.05, 4.69) is 24.5 Å². The third kappa shape index (κ3) is 6.73. The molecular formula is C39H32F5N9O. The number of aliphatic hydroxyl groups is 1. The van der Waals surface area contributed by atoms with Gasteiger partial charge in [-0.05, 0) is 99.5 Å². The number of hydrogen-bond acceptors (Lipinski definition) is 6. The summed E-state index contributed by atoms with van der Waals surface area (Å²) in [6.07, 6.45) is 6.96. The zero-order valence-electron chi connectivity index (χ0n) is 29.0. The Morgan fingerprint density at radius 2 is 1.31 bits per heavy atom. The first kappa shape index (κ1) is 34.8. The molecule has 1 saturated carbocycles. The van der Waals surface area contributed by atoms with Crippen molar-refractivity contribution < 1.29 is 27.1 Å². The molecule has 6 heterocycles. The molecule has 54 heavy (non-hydrogen) atoms. The molecule has 0 saturated heterocycles. The van der Waals surface area contributed by atoms with Crippen LogP contribution in [-0.2, 0) is 12.1 Å². The van der Waals surface area contributed by atoms with Gasteiger partial charge in [0.2, 0.25) is 5.95 Å². The van der Waals surface area contributed by atoms with Crippen LogP contribution in [0, 0.1) is 17.6 Å². The van der Waals surface area contributed by atoms with Gasteiger partial charge < -0.3 is 14.2 Å². The monoisotopic (exact) mass is 737 g/mol.